The topological polar surface area (TPSA) is 902 Å². The van der Waals surface area contributed by atoms with E-state index in [1.54, 1.807) is 0 Å². The van der Waals surface area contributed by atoms with Gasteiger partial charge in [0.25, 0.3) is 0 Å². The SMILES string of the molecule is OC[C@H]1O[C@H](OC[C@H]2O[C@H](OC[C@H]3O[C@H](OC[C@H]4O[C@H](OC[C@H]5O[C@H](OC[C@H]6O[C@H](OC[C@H]7O[C@H](OC[C@H]8O[C@H](OC[C@H]9O[C@H](OC[C@H]%10O[C@H](OC[C@H]%11O[C@H](O)[C@H](O)[C@@H](O)[C@@H]%11O)[C@H](O)[C@@H](O)[C@@H]%10O)[C@H](O)[C@@H](O)[C@@H]9O)[C@H](O)[C@@H](O)[C@@H]8O)[C@H](O)[C@@H](O)[C@@H]7O)[C@H](O)[C@@H](O)[C@@H]6O)[C@H](O)[C@@H](O)[C@@H]5O)[C@H](O)[C@@H](O)[C@@H]4O)[C@H](O)[C@@H](O)[C@@H]3O)[C@H](O)[C@@H](O)[C@@H]2O)[C@H](O)[C@@H](O)[C@@H]1O. The van der Waals surface area contributed by atoms with E-state index in [1.807, 2.05) is 0 Å². The molecule has 0 radical (unpaired) electrons. The predicted octanol–water partition coefficient (Wildman–Crippen LogP) is -25.0. The van der Waals surface area contributed by atoms with Gasteiger partial charge in [0.1, 0.15) is 269 Å². The molecule has 35 N–H and O–H groups in total. The number of hydrogen-bond acceptors (Lipinski definition) is 56. The Morgan fingerprint density at radius 1 is 0.123 bits per heavy atom. The van der Waals surface area contributed by atoms with E-state index in [2.05, 4.69) is 0 Å². The first kappa shape index (κ1) is 100. The van der Waals surface area contributed by atoms with Crippen LogP contribution >= 0.6 is 0 Å². The molecule has 55 atom stereocenters. The second kappa shape index (κ2) is 43.4. The monoisotopic (exact) mass is 1800 g/mol. The van der Waals surface area contributed by atoms with Crippen LogP contribution in [0.25, 0.3) is 0 Å². The lowest BCUT2D eigenvalue weighted by Crippen LogP contribution is -2.64. The van der Waals surface area contributed by atoms with Gasteiger partial charge < -0.3 is 278 Å². The van der Waals surface area contributed by atoms with Crippen LogP contribution in [0.4, 0.5) is 0 Å². The van der Waals surface area contributed by atoms with Crippen LogP contribution in [0.5, 0.6) is 0 Å². The predicted molar refractivity (Wildman–Crippen MR) is 362 cm³/mol. The van der Waals surface area contributed by atoms with Crippen LogP contribution in [0.3, 0.4) is 0 Å². The Morgan fingerprint density at radius 2 is 0.230 bits per heavy atom. The van der Waals surface area contributed by atoms with E-state index in [0.29, 0.717) is 0 Å². The lowest BCUT2D eigenvalue weighted by atomic mass is 9.97. The Balaban J connectivity index is 0.627. The molecule has 11 saturated heterocycles. The minimum atomic E-state index is -2.16. The zero-order chi connectivity index (χ0) is 89.4. The summed E-state index contributed by atoms with van der Waals surface area (Å²) in [5.74, 6) is 0. The molecule has 122 heavy (non-hydrogen) atoms. The molecule has 0 aromatic heterocycles. The van der Waals surface area contributed by atoms with E-state index in [4.69, 9.17) is 99.5 Å². The highest BCUT2D eigenvalue weighted by Gasteiger charge is 2.57. The molecule has 0 aliphatic carbocycles. The smallest absolute Gasteiger partial charge is 0.186 e. The summed E-state index contributed by atoms with van der Waals surface area (Å²) in [5.41, 5.74) is 0. The summed E-state index contributed by atoms with van der Waals surface area (Å²) < 4.78 is 116. The minimum absolute atomic E-state index is 0.744. The second-order valence-electron chi connectivity index (χ2n) is 31.2. The summed E-state index contributed by atoms with van der Waals surface area (Å²) >= 11 is 0. The Kier molecular flexibility index (Phi) is 35.7. The van der Waals surface area contributed by atoms with E-state index in [1.165, 1.54) is 0 Å². The highest BCUT2D eigenvalue weighted by atomic mass is 16.8. The van der Waals surface area contributed by atoms with Crippen molar-refractivity contribution in [2.75, 3.05) is 72.7 Å². The first-order chi connectivity index (χ1) is 57.6. The van der Waals surface area contributed by atoms with Crippen LogP contribution in [0.2, 0.25) is 0 Å². The molecule has 0 bridgehead atoms. The Hall–Kier alpha value is -2.24. The third-order valence-corrected chi connectivity index (χ3v) is 22.8. The Bertz CT molecular complexity index is 3060. The van der Waals surface area contributed by atoms with Crippen LogP contribution in [0, 0.1) is 0 Å². The molecule has 0 unspecified atom stereocenters. The van der Waals surface area contributed by atoms with Gasteiger partial charge in [0, 0.05) is 0 Å². The molecule has 0 spiro atoms. The highest BCUT2D eigenvalue weighted by Crippen LogP contribution is 2.36. The maximum atomic E-state index is 11.0. The van der Waals surface area contributed by atoms with E-state index < -0.39 is 410 Å². The second-order valence-corrected chi connectivity index (χ2v) is 31.2. The van der Waals surface area contributed by atoms with Crippen LogP contribution in [-0.2, 0) is 99.5 Å². The van der Waals surface area contributed by atoms with Crippen LogP contribution in [0.15, 0.2) is 0 Å². The van der Waals surface area contributed by atoms with Crippen molar-refractivity contribution in [3.63, 3.8) is 0 Å². The zero-order valence-electron chi connectivity index (χ0n) is 63.8. The molecule has 0 aromatic carbocycles. The van der Waals surface area contributed by atoms with Crippen LogP contribution in [0.1, 0.15) is 0 Å². The summed E-state index contributed by atoms with van der Waals surface area (Å²) in [6.45, 7) is -9.52. The van der Waals surface area contributed by atoms with Gasteiger partial charge in [0.05, 0.1) is 72.7 Å². The van der Waals surface area contributed by atoms with E-state index in [-0.39, 0.29) is 0 Å². The van der Waals surface area contributed by atoms with Crippen molar-refractivity contribution in [1.82, 2.24) is 0 Å². The molecule has 0 saturated carbocycles. The summed E-state index contributed by atoms with van der Waals surface area (Å²) in [6.07, 6.45) is -107. The molecule has 0 aromatic rings. The lowest BCUT2D eigenvalue weighted by molar-refractivity contribution is -0.355. The lowest BCUT2D eigenvalue weighted by Gasteiger charge is -2.45. The molecule has 11 rings (SSSR count). The molecule has 11 heterocycles. The van der Waals surface area contributed by atoms with Gasteiger partial charge in [-0.3, -0.25) is 0 Å². The number of aliphatic hydroxyl groups excluding tert-OH is 35. The zero-order valence-corrected chi connectivity index (χ0v) is 63.8. The van der Waals surface area contributed by atoms with Gasteiger partial charge in [-0.05, 0) is 0 Å². The van der Waals surface area contributed by atoms with Crippen molar-refractivity contribution in [2.24, 2.45) is 0 Å². The van der Waals surface area contributed by atoms with Gasteiger partial charge in [-0.15, -0.1) is 0 Å². The number of rotatable bonds is 31. The van der Waals surface area contributed by atoms with Gasteiger partial charge in [0.2, 0.25) is 0 Å². The maximum Gasteiger partial charge on any atom is 0.186 e. The van der Waals surface area contributed by atoms with Gasteiger partial charge in [0.15, 0.2) is 69.2 Å². The minimum Gasteiger partial charge on any atom is -0.394 e. The van der Waals surface area contributed by atoms with E-state index >= 15 is 0 Å². The van der Waals surface area contributed by atoms with Crippen molar-refractivity contribution < 1.29 is 278 Å². The van der Waals surface area contributed by atoms with Gasteiger partial charge in [-0.2, -0.15) is 0 Å². The maximum absolute atomic E-state index is 11.0. The molecular formula is C66H112O56. The molecule has 56 heteroatoms. The van der Waals surface area contributed by atoms with Gasteiger partial charge in [-0.1, -0.05) is 0 Å². The van der Waals surface area contributed by atoms with Crippen molar-refractivity contribution >= 4 is 0 Å². The van der Waals surface area contributed by atoms with E-state index in [0.717, 1.165) is 0 Å². The molecular weight excluding hydrogens is 1690 g/mol. The van der Waals surface area contributed by atoms with Crippen molar-refractivity contribution in [3.05, 3.63) is 0 Å². The van der Waals surface area contributed by atoms with Crippen LogP contribution in [-0.4, -0.2) is 589 Å². The molecule has 712 valence electrons. The van der Waals surface area contributed by atoms with Crippen LogP contribution < -0.4 is 0 Å². The molecule has 56 nitrogen and oxygen atoms in total. The normalized spacial score (nSPS) is 53.8. The van der Waals surface area contributed by atoms with Crippen molar-refractivity contribution in [3.8, 4) is 0 Å². The summed E-state index contributed by atoms with van der Waals surface area (Å²) in [6, 6.07) is 0. The fraction of sp³-hybridized carbons (Fsp3) is 1.00. The average Bonchev–Trinajstić information content (AvgIpc) is 0.793. The molecule has 11 aliphatic rings. The van der Waals surface area contributed by atoms with Crippen molar-refractivity contribution in [2.45, 2.75) is 338 Å². The Morgan fingerprint density at radius 3 is 0.361 bits per heavy atom. The first-order valence-corrected chi connectivity index (χ1v) is 38.7. The summed E-state index contributed by atoms with van der Waals surface area (Å²) in [4.78, 5) is 0. The van der Waals surface area contributed by atoms with Crippen molar-refractivity contribution in [1.29, 1.82) is 0 Å². The molecule has 11 fully saturated rings. The fourth-order valence-corrected chi connectivity index (χ4v) is 14.9. The molecule has 11 aliphatic heterocycles. The summed E-state index contributed by atoms with van der Waals surface area (Å²) in [7, 11) is 0. The number of aliphatic hydroxyl groups is 35. The fourth-order valence-electron chi connectivity index (χ4n) is 14.9. The number of ether oxygens (including phenoxy) is 21. The van der Waals surface area contributed by atoms with Gasteiger partial charge in [-0.25, -0.2) is 0 Å². The number of hydrogen-bond donors (Lipinski definition) is 35. The Labute approximate surface area is 687 Å². The standard InChI is InChI=1S/C66H112O56/c67-1-12-23(68)35(80)46(91)57(113-12)103-3-14-25(70)37(82)48(93)59(115-14)105-5-16-27(72)39(84)50(95)61(117-16)107-7-18-29(74)41(86)52(97)63(119-18)109-9-20-31(76)43(88)54(99)65(121-20)111-11-22-33(78)44(89)55(100)66(122-22)110-10-21-32(77)42(87)53(98)64(120-21)108-8-19-30(75)40(85)51(96)62(118-19)106-6-17-28(73)38(83)49(94)60(116-17)104-4-15-26(71)36(81)47(92)58(114-15)102-2-13-24(69)34(79)45(90)56(101)112-13/h12-101H,1-11H2/t12-,13-,14-,15-,16-,17-,18-,19-,20-,21-,22-,23-,24-,25-,26-,27-,28-,29-,30-,31-,32-,33-,34+,35+,36+,37+,38+,39+,40+,41+,42+,43+,44+,45-,46-,47-,48-,49-,50-,51-,52-,53-,54-,55-,56+,57+,58+,59+,60+,61+,62+,63+,64+,65+,66+/m1/s1. The molecule has 0 amide bonds. The third kappa shape index (κ3) is 22.1. The largest absolute Gasteiger partial charge is 0.394 e. The third-order valence-electron chi connectivity index (χ3n) is 22.8. The first-order valence-electron chi connectivity index (χ1n) is 38.7. The average molecular weight is 1800 g/mol. The summed E-state index contributed by atoms with van der Waals surface area (Å²) in [5, 5.41) is 373. The van der Waals surface area contributed by atoms with E-state index in [9.17, 15) is 179 Å². The highest BCUT2D eigenvalue weighted by molar-refractivity contribution is 5.01. The quantitative estimate of drug-likeness (QED) is 0.0306. The van der Waals surface area contributed by atoms with Gasteiger partial charge >= 0.3 is 0 Å².